The molecule has 0 fully saturated rings. The van der Waals surface area contributed by atoms with Crippen LogP contribution in [0.25, 0.3) is 0 Å². The molecule has 0 saturated heterocycles. The smallest absolute Gasteiger partial charge is 0.243 e. The van der Waals surface area contributed by atoms with Crippen LogP contribution in [0.3, 0.4) is 0 Å². The van der Waals surface area contributed by atoms with Gasteiger partial charge in [-0.15, -0.1) is 0 Å². The molecule has 0 aliphatic carbocycles. The van der Waals surface area contributed by atoms with Crippen molar-refractivity contribution in [3.8, 4) is 0 Å². The molecule has 0 unspecified atom stereocenters. The highest BCUT2D eigenvalue weighted by Gasteiger charge is 2.22. The highest BCUT2D eigenvalue weighted by atomic mass is 32.2. The molecule has 106 valence electrons. The van der Waals surface area contributed by atoms with Crippen molar-refractivity contribution in [2.45, 2.75) is 24.8 Å². The fourth-order valence-electron chi connectivity index (χ4n) is 2.14. The molecule has 0 aliphatic heterocycles. The van der Waals surface area contributed by atoms with E-state index >= 15 is 0 Å². The molecule has 0 radical (unpaired) electrons. The van der Waals surface area contributed by atoms with Gasteiger partial charge in [-0.3, -0.25) is 0 Å². The predicted octanol–water partition coefficient (Wildman–Crippen LogP) is 2.62. The summed E-state index contributed by atoms with van der Waals surface area (Å²) in [6, 6.07) is 14.2. The van der Waals surface area contributed by atoms with Crippen molar-refractivity contribution in [3.63, 3.8) is 0 Å². The van der Waals surface area contributed by atoms with Crippen LogP contribution in [0.5, 0.6) is 0 Å². The molecule has 0 saturated carbocycles. The van der Waals surface area contributed by atoms with Crippen molar-refractivity contribution in [2.24, 2.45) is 0 Å². The summed E-state index contributed by atoms with van der Waals surface area (Å²) in [5, 5.41) is 0. The fraction of sp³-hybridized carbons (Fsp3) is 0.200. The van der Waals surface area contributed by atoms with E-state index in [1.807, 2.05) is 30.3 Å². The molecule has 1 atom stereocenters. The van der Waals surface area contributed by atoms with Gasteiger partial charge in [0.25, 0.3) is 0 Å². The number of aryl methyl sites for hydroxylation is 1. The first-order chi connectivity index (χ1) is 9.42. The van der Waals surface area contributed by atoms with Gasteiger partial charge in [0, 0.05) is 6.04 Å². The Morgan fingerprint density at radius 1 is 1.05 bits per heavy atom. The topological polar surface area (TPSA) is 72.2 Å². The van der Waals surface area contributed by atoms with Crippen molar-refractivity contribution < 1.29 is 8.42 Å². The van der Waals surface area contributed by atoms with Gasteiger partial charge < -0.3 is 5.73 Å². The zero-order valence-electron chi connectivity index (χ0n) is 11.5. The van der Waals surface area contributed by atoms with E-state index < -0.39 is 10.0 Å². The molecule has 2 rings (SSSR count). The minimum Gasteiger partial charge on any atom is -0.398 e. The maximum atomic E-state index is 12.5. The lowest BCUT2D eigenvalue weighted by molar-refractivity contribution is 0.567. The maximum absolute atomic E-state index is 12.5. The average molecular weight is 290 g/mol. The molecule has 4 nitrogen and oxygen atoms in total. The largest absolute Gasteiger partial charge is 0.398 e. The lowest BCUT2D eigenvalue weighted by Crippen LogP contribution is -2.28. The Bertz CT molecular complexity index is 677. The van der Waals surface area contributed by atoms with Crippen LogP contribution in [0, 0.1) is 6.92 Å². The van der Waals surface area contributed by atoms with Gasteiger partial charge in [0.05, 0.1) is 5.69 Å². The highest BCUT2D eigenvalue weighted by Crippen LogP contribution is 2.24. The van der Waals surface area contributed by atoms with E-state index in [2.05, 4.69) is 4.72 Å². The third-order valence-electron chi connectivity index (χ3n) is 3.14. The standard InChI is InChI=1S/C15H18N2O2S/c1-11-7-6-10-14(16)15(11)20(18,19)17-12(2)13-8-4-3-5-9-13/h3-10,12,17H,16H2,1-2H3/t12-/m0/s1. The Kier molecular flexibility index (Phi) is 4.11. The van der Waals surface area contributed by atoms with E-state index in [1.54, 1.807) is 32.0 Å². The van der Waals surface area contributed by atoms with Crippen LogP contribution in [0.1, 0.15) is 24.1 Å². The number of nitrogens with two attached hydrogens (primary N) is 1. The van der Waals surface area contributed by atoms with Crippen molar-refractivity contribution in [2.75, 3.05) is 5.73 Å². The molecule has 5 heteroatoms. The van der Waals surface area contributed by atoms with Crippen molar-refractivity contribution in [3.05, 3.63) is 59.7 Å². The van der Waals surface area contributed by atoms with Gasteiger partial charge in [-0.1, -0.05) is 42.5 Å². The molecule has 2 aromatic carbocycles. The maximum Gasteiger partial charge on any atom is 0.243 e. The first kappa shape index (κ1) is 14.6. The quantitative estimate of drug-likeness (QED) is 0.850. The summed E-state index contributed by atoms with van der Waals surface area (Å²) in [6.07, 6.45) is 0. The molecule has 0 aromatic heterocycles. The molecule has 0 aliphatic rings. The van der Waals surface area contributed by atoms with Crippen LogP contribution in [0.2, 0.25) is 0 Å². The SMILES string of the molecule is Cc1cccc(N)c1S(=O)(=O)N[C@@H](C)c1ccccc1. The molecular weight excluding hydrogens is 272 g/mol. The highest BCUT2D eigenvalue weighted by molar-refractivity contribution is 7.89. The molecule has 2 aromatic rings. The van der Waals surface area contributed by atoms with E-state index in [-0.39, 0.29) is 16.6 Å². The van der Waals surface area contributed by atoms with Gasteiger partial charge in [0.15, 0.2) is 0 Å². The lowest BCUT2D eigenvalue weighted by Gasteiger charge is -2.17. The summed E-state index contributed by atoms with van der Waals surface area (Å²) in [7, 11) is -3.64. The van der Waals surface area contributed by atoms with Crippen LogP contribution in [-0.2, 0) is 10.0 Å². The van der Waals surface area contributed by atoms with Gasteiger partial charge >= 0.3 is 0 Å². The summed E-state index contributed by atoms with van der Waals surface area (Å²) < 4.78 is 27.6. The Hall–Kier alpha value is -1.85. The van der Waals surface area contributed by atoms with Crippen LogP contribution in [-0.4, -0.2) is 8.42 Å². The number of anilines is 1. The Morgan fingerprint density at radius 2 is 1.70 bits per heavy atom. The number of hydrogen-bond donors (Lipinski definition) is 2. The third kappa shape index (κ3) is 3.00. The van der Waals surface area contributed by atoms with E-state index in [1.165, 1.54) is 0 Å². The Balaban J connectivity index is 2.33. The first-order valence-electron chi connectivity index (χ1n) is 6.34. The van der Waals surface area contributed by atoms with Gasteiger partial charge in [-0.2, -0.15) is 0 Å². The monoisotopic (exact) mass is 290 g/mol. The predicted molar refractivity (Wildman–Crippen MR) is 80.8 cm³/mol. The van der Waals surface area contributed by atoms with E-state index in [0.29, 0.717) is 5.56 Å². The van der Waals surface area contributed by atoms with E-state index in [4.69, 9.17) is 5.73 Å². The normalized spacial score (nSPS) is 13.1. The van der Waals surface area contributed by atoms with Crippen LogP contribution >= 0.6 is 0 Å². The van der Waals surface area contributed by atoms with Crippen LogP contribution < -0.4 is 10.5 Å². The second-order valence-corrected chi connectivity index (χ2v) is 6.40. The van der Waals surface area contributed by atoms with Gasteiger partial charge in [0.2, 0.25) is 10.0 Å². The zero-order chi connectivity index (χ0) is 14.8. The van der Waals surface area contributed by atoms with Crippen molar-refractivity contribution >= 4 is 15.7 Å². The van der Waals surface area contributed by atoms with Gasteiger partial charge in [-0.25, -0.2) is 13.1 Å². The molecular formula is C15H18N2O2S. The third-order valence-corrected chi connectivity index (χ3v) is 4.90. The Morgan fingerprint density at radius 3 is 2.30 bits per heavy atom. The minimum absolute atomic E-state index is 0.155. The van der Waals surface area contributed by atoms with Crippen molar-refractivity contribution in [1.82, 2.24) is 4.72 Å². The van der Waals surface area contributed by atoms with E-state index in [0.717, 1.165) is 5.56 Å². The Labute approximate surface area is 119 Å². The zero-order valence-corrected chi connectivity index (χ0v) is 12.3. The molecule has 3 N–H and O–H groups in total. The molecule has 0 heterocycles. The number of sulfonamides is 1. The molecule has 0 spiro atoms. The molecule has 0 bridgehead atoms. The van der Waals surface area contributed by atoms with Crippen molar-refractivity contribution in [1.29, 1.82) is 0 Å². The molecule has 0 amide bonds. The second kappa shape index (κ2) is 5.64. The van der Waals surface area contributed by atoms with E-state index in [9.17, 15) is 8.42 Å². The summed E-state index contributed by atoms with van der Waals surface area (Å²) >= 11 is 0. The van der Waals surface area contributed by atoms with Crippen LogP contribution in [0.15, 0.2) is 53.4 Å². The summed E-state index contributed by atoms with van der Waals surface area (Å²) in [4.78, 5) is 0.155. The van der Waals surface area contributed by atoms with Crippen LogP contribution in [0.4, 0.5) is 5.69 Å². The fourth-order valence-corrected chi connectivity index (χ4v) is 3.73. The number of rotatable bonds is 4. The van der Waals surface area contributed by atoms with Gasteiger partial charge in [-0.05, 0) is 31.0 Å². The lowest BCUT2D eigenvalue weighted by atomic mass is 10.1. The van der Waals surface area contributed by atoms with Gasteiger partial charge in [0.1, 0.15) is 4.90 Å². The summed E-state index contributed by atoms with van der Waals surface area (Å²) in [6.45, 7) is 3.54. The summed E-state index contributed by atoms with van der Waals surface area (Å²) in [5.41, 5.74) is 7.61. The first-order valence-corrected chi connectivity index (χ1v) is 7.82. The number of nitrogen functional groups attached to an aromatic ring is 1. The number of benzene rings is 2. The molecule has 20 heavy (non-hydrogen) atoms. The number of nitrogens with one attached hydrogen (secondary N) is 1. The summed E-state index contributed by atoms with van der Waals surface area (Å²) in [5.74, 6) is 0. The average Bonchev–Trinajstić information content (AvgIpc) is 2.38. The minimum atomic E-state index is -3.64. The second-order valence-electron chi connectivity index (χ2n) is 4.75. The number of hydrogen-bond acceptors (Lipinski definition) is 3.